The van der Waals surface area contributed by atoms with Gasteiger partial charge in [-0.3, -0.25) is 0 Å². The number of likely N-dealkylation sites (tertiary alicyclic amines) is 1. The molecule has 0 N–H and O–H groups in total. The van der Waals surface area contributed by atoms with Crippen LogP contribution in [0.1, 0.15) is 28.3 Å². The topological polar surface area (TPSA) is 55.8 Å². The number of halogens is 1. The van der Waals surface area contributed by atoms with E-state index >= 15 is 0 Å². The molecule has 1 aliphatic rings. The van der Waals surface area contributed by atoms with Crippen molar-refractivity contribution in [2.24, 2.45) is 5.92 Å². The van der Waals surface area contributed by atoms with Crippen LogP contribution in [0.25, 0.3) is 0 Å². The van der Waals surface area contributed by atoms with E-state index in [1.165, 1.54) is 12.1 Å². The highest BCUT2D eigenvalue weighted by Gasteiger charge is 2.34. The predicted octanol–water partition coefficient (Wildman–Crippen LogP) is 5.29. The Bertz CT molecular complexity index is 1040. The average molecular weight is 433 g/mol. The Morgan fingerprint density at radius 3 is 2.25 bits per heavy atom. The first-order valence-corrected chi connectivity index (χ1v) is 10.6. The lowest BCUT2D eigenvalue weighted by atomic mass is 9.81. The van der Waals surface area contributed by atoms with Gasteiger partial charge in [-0.2, -0.15) is 0 Å². The Labute approximate surface area is 186 Å². The van der Waals surface area contributed by atoms with Gasteiger partial charge in [0.15, 0.2) is 0 Å². The quantitative estimate of drug-likeness (QED) is 0.513. The van der Waals surface area contributed by atoms with Crippen molar-refractivity contribution in [1.29, 1.82) is 0 Å². The van der Waals surface area contributed by atoms with Gasteiger partial charge in [-0.05, 0) is 54.3 Å². The monoisotopic (exact) mass is 433 g/mol. The number of ether oxygens (including phenoxy) is 2. The first-order chi connectivity index (χ1) is 15.6. The molecule has 1 saturated heterocycles. The lowest BCUT2D eigenvalue weighted by Gasteiger charge is -2.38. The number of hydrogen-bond donors (Lipinski definition) is 0. The minimum atomic E-state index is -0.437. The zero-order valence-corrected chi connectivity index (χ0v) is 17.5. The maximum absolute atomic E-state index is 13.4. The number of rotatable bonds is 5. The third-order valence-corrected chi connectivity index (χ3v) is 5.68. The fraction of sp³-hybridized carbons (Fsp3) is 0.231. The summed E-state index contributed by atoms with van der Waals surface area (Å²) in [4.78, 5) is 26.8. The molecule has 0 aliphatic carbocycles. The maximum Gasteiger partial charge on any atom is 0.415 e. The lowest BCUT2D eigenvalue weighted by Crippen LogP contribution is -2.45. The molecule has 0 aromatic heterocycles. The van der Waals surface area contributed by atoms with Gasteiger partial charge in [0.05, 0.1) is 12.2 Å². The number of piperidine rings is 1. The van der Waals surface area contributed by atoms with Crippen molar-refractivity contribution in [3.8, 4) is 5.75 Å². The molecule has 0 saturated carbocycles. The molecule has 6 heteroatoms. The number of carbonyl (C=O) groups is 2. The van der Waals surface area contributed by atoms with Crippen LogP contribution in [0, 0.1) is 11.7 Å². The van der Waals surface area contributed by atoms with Crippen LogP contribution in [0.4, 0.5) is 9.18 Å². The molecule has 0 radical (unpaired) electrons. The van der Waals surface area contributed by atoms with E-state index in [1.807, 2.05) is 12.1 Å². The smallest absolute Gasteiger partial charge is 0.415 e. The SMILES string of the molecule is O=C(OC[C@H]1CN(C(=O)Oc2ccccc2)CC[C@@H]1c1ccc(F)cc1)c1ccccc1. The molecule has 164 valence electrons. The molecule has 0 bridgehead atoms. The Kier molecular flexibility index (Phi) is 6.80. The average Bonchev–Trinajstić information content (AvgIpc) is 2.84. The second-order valence-electron chi connectivity index (χ2n) is 7.80. The van der Waals surface area contributed by atoms with E-state index in [1.54, 1.807) is 65.6 Å². The molecular weight excluding hydrogens is 409 g/mol. The van der Waals surface area contributed by atoms with Gasteiger partial charge in [0.1, 0.15) is 11.6 Å². The normalized spacial score (nSPS) is 18.1. The molecule has 1 amide bonds. The zero-order chi connectivity index (χ0) is 22.3. The van der Waals surface area contributed by atoms with Gasteiger partial charge in [0.2, 0.25) is 0 Å². The van der Waals surface area contributed by atoms with Crippen LogP contribution in [0.5, 0.6) is 5.75 Å². The van der Waals surface area contributed by atoms with Crippen molar-refractivity contribution in [2.75, 3.05) is 19.7 Å². The van der Waals surface area contributed by atoms with Gasteiger partial charge in [-0.15, -0.1) is 0 Å². The summed E-state index contributed by atoms with van der Waals surface area (Å²) in [5.41, 5.74) is 1.44. The summed E-state index contributed by atoms with van der Waals surface area (Å²) in [6.45, 7) is 1.01. The fourth-order valence-corrected chi connectivity index (χ4v) is 4.01. The summed E-state index contributed by atoms with van der Waals surface area (Å²) < 4.78 is 24.5. The number of nitrogens with zero attached hydrogens (tertiary/aromatic N) is 1. The first-order valence-electron chi connectivity index (χ1n) is 10.6. The van der Waals surface area contributed by atoms with Gasteiger partial charge in [0, 0.05) is 19.0 Å². The molecule has 0 unspecified atom stereocenters. The van der Waals surface area contributed by atoms with Crippen LogP contribution in [0.2, 0.25) is 0 Å². The number of hydrogen-bond acceptors (Lipinski definition) is 4. The molecule has 1 fully saturated rings. The number of amides is 1. The van der Waals surface area contributed by atoms with E-state index in [4.69, 9.17) is 9.47 Å². The van der Waals surface area contributed by atoms with Gasteiger partial charge >= 0.3 is 12.1 Å². The third kappa shape index (κ3) is 5.32. The van der Waals surface area contributed by atoms with E-state index in [2.05, 4.69) is 0 Å². The number of esters is 1. The van der Waals surface area contributed by atoms with E-state index in [-0.39, 0.29) is 24.3 Å². The highest BCUT2D eigenvalue weighted by atomic mass is 19.1. The van der Waals surface area contributed by atoms with E-state index < -0.39 is 12.1 Å². The molecule has 1 aliphatic heterocycles. The summed E-state index contributed by atoms with van der Waals surface area (Å²) in [6.07, 6.45) is 0.219. The third-order valence-electron chi connectivity index (χ3n) is 5.68. The second kappa shape index (κ2) is 10.1. The summed E-state index contributed by atoms with van der Waals surface area (Å²) >= 11 is 0. The van der Waals surface area contributed by atoms with Crippen LogP contribution < -0.4 is 4.74 Å². The molecule has 0 spiro atoms. The van der Waals surface area contributed by atoms with Crippen molar-refractivity contribution in [1.82, 2.24) is 4.90 Å². The number of benzene rings is 3. The van der Waals surface area contributed by atoms with E-state index in [0.29, 0.717) is 30.8 Å². The van der Waals surface area contributed by atoms with Crippen molar-refractivity contribution < 1.29 is 23.5 Å². The lowest BCUT2D eigenvalue weighted by molar-refractivity contribution is 0.0328. The Morgan fingerprint density at radius 2 is 1.56 bits per heavy atom. The summed E-state index contributed by atoms with van der Waals surface area (Å²) in [7, 11) is 0. The number of carbonyl (C=O) groups excluding carboxylic acids is 2. The summed E-state index contributed by atoms with van der Waals surface area (Å²) in [5, 5.41) is 0. The molecule has 32 heavy (non-hydrogen) atoms. The second-order valence-corrected chi connectivity index (χ2v) is 7.80. The highest BCUT2D eigenvalue weighted by molar-refractivity contribution is 5.89. The van der Waals surface area contributed by atoms with Gasteiger partial charge < -0.3 is 14.4 Å². The fourth-order valence-electron chi connectivity index (χ4n) is 4.01. The Hall–Kier alpha value is -3.67. The van der Waals surface area contributed by atoms with Crippen LogP contribution >= 0.6 is 0 Å². The van der Waals surface area contributed by atoms with E-state index in [0.717, 1.165) is 5.56 Å². The molecule has 3 aromatic rings. The molecule has 4 rings (SSSR count). The van der Waals surface area contributed by atoms with Gasteiger partial charge in [-0.25, -0.2) is 14.0 Å². The van der Waals surface area contributed by atoms with Crippen LogP contribution in [0.15, 0.2) is 84.9 Å². The maximum atomic E-state index is 13.4. The zero-order valence-electron chi connectivity index (χ0n) is 17.5. The van der Waals surface area contributed by atoms with Crippen LogP contribution in [-0.2, 0) is 4.74 Å². The molecule has 5 nitrogen and oxygen atoms in total. The minimum Gasteiger partial charge on any atom is -0.462 e. The Morgan fingerprint density at radius 1 is 0.906 bits per heavy atom. The van der Waals surface area contributed by atoms with Crippen LogP contribution in [-0.4, -0.2) is 36.7 Å². The summed E-state index contributed by atoms with van der Waals surface area (Å²) in [5.74, 6) is -0.354. The van der Waals surface area contributed by atoms with Crippen molar-refractivity contribution >= 4 is 12.1 Å². The molecule has 2 atom stereocenters. The first kappa shape index (κ1) is 21.6. The van der Waals surface area contributed by atoms with Crippen molar-refractivity contribution in [3.05, 3.63) is 102 Å². The molecule has 1 heterocycles. The highest BCUT2D eigenvalue weighted by Crippen LogP contribution is 2.34. The standard InChI is InChI=1S/C26H24FNO4/c27-22-13-11-19(12-14-22)24-15-16-28(26(30)32-23-9-5-2-6-10-23)17-21(24)18-31-25(29)20-7-3-1-4-8-20/h1-14,21,24H,15-18H2/t21-,24-/m1/s1. The predicted molar refractivity (Wildman–Crippen MR) is 118 cm³/mol. The minimum absolute atomic E-state index is 0.0277. The Balaban J connectivity index is 1.47. The molecular formula is C26H24FNO4. The largest absolute Gasteiger partial charge is 0.462 e. The van der Waals surface area contributed by atoms with E-state index in [9.17, 15) is 14.0 Å². The van der Waals surface area contributed by atoms with Crippen molar-refractivity contribution in [2.45, 2.75) is 12.3 Å². The van der Waals surface area contributed by atoms with Gasteiger partial charge in [-0.1, -0.05) is 48.5 Å². The van der Waals surface area contributed by atoms with Gasteiger partial charge in [0.25, 0.3) is 0 Å². The van der Waals surface area contributed by atoms with Crippen LogP contribution in [0.3, 0.4) is 0 Å². The van der Waals surface area contributed by atoms with Crippen molar-refractivity contribution in [3.63, 3.8) is 0 Å². The molecule has 3 aromatic carbocycles. The number of para-hydroxylation sites is 1. The summed E-state index contributed by atoms with van der Waals surface area (Å²) in [6, 6.07) is 24.1.